The van der Waals surface area contributed by atoms with Crippen LogP contribution in [0.2, 0.25) is 0 Å². The first-order chi connectivity index (χ1) is 8.66. The summed E-state index contributed by atoms with van der Waals surface area (Å²) in [6, 6.07) is 6.53. The molecular formula is C15H22N2O. The number of nitrogens with one attached hydrogen (secondary N) is 1. The number of benzene rings is 1. The lowest BCUT2D eigenvalue weighted by Crippen LogP contribution is -2.36. The summed E-state index contributed by atoms with van der Waals surface area (Å²) in [7, 11) is 0. The van der Waals surface area contributed by atoms with Crippen molar-refractivity contribution in [2.75, 3.05) is 26.2 Å². The van der Waals surface area contributed by atoms with E-state index in [0.717, 1.165) is 32.5 Å². The molecule has 1 aliphatic heterocycles. The minimum atomic E-state index is 0.234. The van der Waals surface area contributed by atoms with Crippen LogP contribution in [-0.4, -0.2) is 37.0 Å². The van der Waals surface area contributed by atoms with Gasteiger partial charge >= 0.3 is 0 Å². The molecule has 2 rings (SSSR count). The average molecular weight is 246 g/mol. The van der Waals surface area contributed by atoms with E-state index in [1.54, 1.807) is 0 Å². The van der Waals surface area contributed by atoms with Crippen molar-refractivity contribution in [3.05, 3.63) is 34.9 Å². The van der Waals surface area contributed by atoms with Gasteiger partial charge in [-0.25, -0.2) is 0 Å². The van der Waals surface area contributed by atoms with Crippen LogP contribution >= 0.6 is 0 Å². The second-order valence-corrected chi connectivity index (χ2v) is 5.09. The standard InChI is InChI=1S/C15H22N2O/c1-12-4-5-13(2)14(10-12)6-9-17-8-3-7-16-11-15(17)18/h4-5,10,16H,3,6-9,11H2,1-2H3. The number of amides is 1. The molecule has 0 aliphatic carbocycles. The molecule has 3 heteroatoms. The maximum atomic E-state index is 11.9. The number of hydrogen-bond acceptors (Lipinski definition) is 2. The zero-order valence-corrected chi connectivity index (χ0v) is 11.3. The summed E-state index contributed by atoms with van der Waals surface area (Å²) < 4.78 is 0. The lowest BCUT2D eigenvalue weighted by Gasteiger charge is -2.20. The third-order valence-electron chi connectivity index (χ3n) is 3.57. The molecule has 1 aromatic carbocycles. The lowest BCUT2D eigenvalue weighted by molar-refractivity contribution is -0.129. The van der Waals surface area contributed by atoms with E-state index < -0.39 is 0 Å². The van der Waals surface area contributed by atoms with E-state index in [9.17, 15) is 4.79 Å². The number of aryl methyl sites for hydroxylation is 2. The van der Waals surface area contributed by atoms with E-state index in [1.807, 2.05) is 4.90 Å². The molecule has 0 bridgehead atoms. The summed E-state index contributed by atoms with van der Waals surface area (Å²) in [5.74, 6) is 0.234. The molecule has 1 saturated heterocycles. The summed E-state index contributed by atoms with van der Waals surface area (Å²) in [5, 5.41) is 3.15. The van der Waals surface area contributed by atoms with Gasteiger partial charge in [-0.2, -0.15) is 0 Å². The van der Waals surface area contributed by atoms with Gasteiger partial charge in [0.1, 0.15) is 0 Å². The molecule has 1 heterocycles. The average Bonchev–Trinajstić information content (AvgIpc) is 2.55. The first-order valence-electron chi connectivity index (χ1n) is 6.71. The molecule has 0 aromatic heterocycles. The van der Waals surface area contributed by atoms with E-state index in [2.05, 4.69) is 37.4 Å². The highest BCUT2D eigenvalue weighted by atomic mass is 16.2. The van der Waals surface area contributed by atoms with Crippen molar-refractivity contribution in [3.63, 3.8) is 0 Å². The number of nitrogens with zero attached hydrogens (tertiary/aromatic N) is 1. The van der Waals surface area contributed by atoms with Crippen LogP contribution in [0.3, 0.4) is 0 Å². The molecule has 0 unspecified atom stereocenters. The maximum absolute atomic E-state index is 11.9. The van der Waals surface area contributed by atoms with Crippen molar-refractivity contribution in [2.45, 2.75) is 26.7 Å². The monoisotopic (exact) mass is 246 g/mol. The van der Waals surface area contributed by atoms with Crippen molar-refractivity contribution in [1.82, 2.24) is 10.2 Å². The Balaban J connectivity index is 1.97. The zero-order chi connectivity index (χ0) is 13.0. The predicted molar refractivity (Wildman–Crippen MR) is 73.7 cm³/mol. The highest BCUT2D eigenvalue weighted by molar-refractivity contribution is 5.78. The van der Waals surface area contributed by atoms with E-state index in [1.165, 1.54) is 16.7 Å². The minimum absolute atomic E-state index is 0.234. The molecular weight excluding hydrogens is 224 g/mol. The van der Waals surface area contributed by atoms with E-state index in [0.29, 0.717) is 6.54 Å². The quantitative estimate of drug-likeness (QED) is 0.880. The van der Waals surface area contributed by atoms with Gasteiger partial charge < -0.3 is 10.2 Å². The Morgan fingerprint density at radius 1 is 1.33 bits per heavy atom. The van der Waals surface area contributed by atoms with Gasteiger partial charge in [-0.05, 0) is 44.4 Å². The van der Waals surface area contributed by atoms with Crippen LogP contribution in [0.5, 0.6) is 0 Å². The van der Waals surface area contributed by atoms with Crippen molar-refractivity contribution in [1.29, 1.82) is 0 Å². The van der Waals surface area contributed by atoms with Crippen LogP contribution in [0, 0.1) is 13.8 Å². The van der Waals surface area contributed by atoms with E-state index in [4.69, 9.17) is 0 Å². The highest BCUT2D eigenvalue weighted by Gasteiger charge is 2.15. The summed E-state index contributed by atoms with van der Waals surface area (Å²) in [6.45, 7) is 7.42. The Morgan fingerprint density at radius 2 is 2.17 bits per heavy atom. The molecule has 1 aliphatic rings. The minimum Gasteiger partial charge on any atom is -0.341 e. The second kappa shape index (κ2) is 6.01. The molecule has 0 radical (unpaired) electrons. The normalized spacial score (nSPS) is 16.8. The topological polar surface area (TPSA) is 32.3 Å². The Labute approximate surface area is 109 Å². The smallest absolute Gasteiger partial charge is 0.236 e. The Bertz CT molecular complexity index is 429. The van der Waals surface area contributed by atoms with Gasteiger partial charge in [-0.15, -0.1) is 0 Å². The Kier molecular flexibility index (Phi) is 4.37. The first kappa shape index (κ1) is 13.1. The van der Waals surface area contributed by atoms with Gasteiger partial charge in [0.2, 0.25) is 5.91 Å². The van der Waals surface area contributed by atoms with Crippen LogP contribution < -0.4 is 5.32 Å². The predicted octanol–water partition coefficient (Wildman–Crippen LogP) is 1.67. The largest absolute Gasteiger partial charge is 0.341 e. The fourth-order valence-electron chi connectivity index (χ4n) is 2.39. The van der Waals surface area contributed by atoms with Gasteiger partial charge in [0, 0.05) is 13.1 Å². The summed E-state index contributed by atoms with van der Waals surface area (Å²) in [6.07, 6.45) is 2.01. The Hall–Kier alpha value is -1.35. The summed E-state index contributed by atoms with van der Waals surface area (Å²) in [4.78, 5) is 13.8. The van der Waals surface area contributed by atoms with Crippen LogP contribution in [0.4, 0.5) is 0 Å². The number of hydrogen-bond donors (Lipinski definition) is 1. The van der Waals surface area contributed by atoms with Crippen LogP contribution in [0.15, 0.2) is 18.2 Å². The molecule has 1 fully saturated rings. The van der Waals surface area contributed by atoms with Crippen molar-refractivity contribution >= 4 is 5.91 Å². The van der Waals surface area contributed by atoms with Crippen molar-refractivity contribution < 1.29 is 4.79 Å². The maximum Gasteiger partial charge on any atom is 0.236 e. The molecule has 98 valence electrons. The number of rotatable bonds is 3. The van der Waals surface area contributed by atoms with Gasteiger partial charge in [0.25, 0.3) is 0 Å². The third-order valence-corrected chi connectivity index (χ3v) is 3.57. The fraction of sp³-hybridized carbons (Fsp3) is 0.533. The molecule has 1 aromatic rings. The highest BCUT2D eigenvalue weighted by Crippen LogP contribution is 2.12. The van der Waals surface area contributed by atoms with E-state index in [-0.39, 0.29) is 5.91 Å². The van der Waals surface area contributed by atoms with Crippen molar-refractivity contribution in [2.24, 2.45) is 0 Å². The molecule has 3 nitrogen and oxygen atoms in total. The third kappa shape index (κ3) is 3.33. The van der Waals surface area contributed by atoms with Gasteiger partial charge in [-0.1, -0.05) is 23.8 Å². The van der Waals surface area contributed by atoms with Gasteiger partial charge in [0.15, 0.2) is 0 Å². The fourth-order valence-corrected chi connectivity index (χ4v) is 2.39. The van der Waals surface area contributed by atoms with E-state index >= 15 is 0 Å². The SMILES string of the molecule is Cc1ccc(C)c(CCN2CCCNCC2=O)c1. The number of carbonyl (C=O) groups excluding carboxylic acids is 1. The first-order valence-corrected chi connectivity index (χ1v) is 6.71. The van der Waals surface area contributed by atoms with Gasteiger partial charge in [-0.3, -0.25) is 4.79 Å². The molecule has 0 spiro atoms. The molecule has 1 amide bonds. The van der Waals surface area contributed by atoms with Crippen LogP contribution in [-0.2, 0) is 11.2 Å². The van der Waals surface area contributed by atoms with Crippen LogP contribution in [0.1, 0.15) is 23.1 Å². The molecule has 0 saturated carbocycles. The van der Waals surface area contributed by atoms with Gasteiger partial charge in [0.05, 0.1) is 6.54 Å². The van der Waals surface area contributed by atoms with Crippen molar-refractivity contribution in [3.8, 4) is 0 Å². The zero-order valence-electron chi connectivity index (χ0n) is 11.3. The molecule has 1 N–H and O–H groups in total. The summed E-state index contributed by atoms with van der Waals surface area (Å²) >= 11 is 0. The molecule has 0 atom stereocenters. The Morgan fingerprint density at radius 3 is 3.00 bits per heavy atom. The number of carbonyl (C=O) groups is 1. The lowest BCUT2D eigenvalue weighted by atomic mass is 10.0. The molecule has 18 heavy (non-hydrogen) atoms. The summed E-state index contributed by atoms with van der Waals surface area (Å²) in [5.41, 5.74) is 3.97. The van der Waals surface area contributed by atoms with Crippen LogP contribution in [0.25, 0.3) is 0 Å². The second-order valence-electron chi connectivity index (χ2n) is 5.09.